The second kappa shape index (κ2) is 6.64. The van der Waals surface area contributed by atoms with Crippen LogP contribution in [-0.2, 0) is 0 Å². The third kappa shape index (κ3) is 3.00. The van der Waals surface area contributed by atoms with Crippen LogP contribution >= 0.6 is 0 Å². The average molecular weight is 373 g/mol. The van der Waals surface area contributed by atoms with Gasteiger partial charge in [-0.25, -0.2) is 9.18 Å². The molecule has 1 saturated heterocycles. The van der Waals surface area contributed by atoms with Crippen LogP contribution in [0.3, 0.4) is 0 Å². The van der Waals surface area contributed by atoms with Gasteiger partial charge in [-0.15, -0.1) is 0 Å². The fraction of sp³-hybridized carbons (Fsp3) is 0.500. The van der Waals surface area contributed by atoms with E-state index >= 15 is 4.39 Å². The van der Waals surface area contributed by atoms with Crippen molar-refractivity contribution in [1.82, 2.24) is 9.72 Å². The lowest BCUT2D eigenvalue weighted by atomic mass is 10.0. The van der Waals surface area contributed by atoms with Crippen LogP contribution in [0.15, 0.2) is 17.1 Å². The Balaban J connectivity index is 1.91. The summed E-state index contributed by atoms with van der Waals surface area (Å²) in [6.45, 7) is 4.27. The number of pyridine rings is 2. The molecule has 0 bridgehead atoms. The van der Waals surface area contributed by atoms with Gasteiger partial charge in [-0.2, -0.15) is 0 Å². The highest BCUT2D eigenvalue weighted by atomic mass is 19.1. The number of rotatable bonds is 5. The Morgan fingerprint density at radius 3 is 2.74 bits per heavy atom. The quantitative estimate of drug-likeness (QED) is 0.842. The molecule has 2 aromatic rings. The minimum absolute atomic E-state index is 0.242. The Morgan fingerprint density at radius 2 is 2.11 bits per heavy atom. The minimum atomic E-state index is -1.27. The van der Waals surface area contributed by atoms with E-state index in [0.717, 1.165) is 50.0 Å². The van der Waals surface area contributed by atoms with Gasteiger partial charge in [0.05, 0.1) is 17.4 Å². The van der Waals surface area contributed by atoms with Crippen molar-refractivity contribution in [2.24, 2.45) is 5.92 Å². The number of nitrogens with zero attached hydrogens (tertiary/aromatic N) is 2. The maximum atomic E-state index is 15.0. The molecule has 0 radical (unpaired) electrons. The SMILES string of the molecule is CNCC1CCN(c2c(F)cn3c(=O)c(C(=O)O)cc(C4CC4)c3c2C)C1. The third-order valence-electron chi connectivity index (χ3n) is 5.78. The summed E-state index contributed by atoms with van der Waals surface area (Å²) >= 11 is 0. The standard InChI is InChI=1S/C20H24FN3O3/c1-11-17-14(13-3-4-13)7-15(20(26)27)19(25)24(17)10-16(21)18(11)23-6-5-12(9-23)8-22-2/h7,10,12-13,22H,3-6,8-9H2,1-2H3,(H,26,27). The van der Waals surface area contributed by atoms with E-state index in [1.165, 1.54) is 16.7 Å². The van der Waals surface area contributed by atoms with Crippen LogP contribution in [0.4, 0.5) is 10.1 Å². The Labute approximate surface area is 156 Å². The van der Waals surface area contributed by atoms with Crippen molar-refractivity contribution in [2.45, 2.75) is 32.1 Å². The highest BCUT2D eigenvalue weighted by Gasteiger charge is 2.32. The van der Waals surface area contributed by atoms with E-state index in [0.29, 0.717) is 17.1 Å². The summed E-state index contributed by atoms with van der Waals surface area (Å²) in [5, 5.41) is 12.6. The summed E-state index contributed by atoms with van der Waals surface area (Å²) in [5.74, 6) is -1.04. The van der Waals surface area contributed by atoms with E-state index in [1.807, 2.05) is 14.0 Å². The molecule has 0 aromatic carbocycles. The molecule has 4 rings (SSSR count). The molecule has 1 aliphatic carbocycles. The number of nitrogens with one attached hydrogen (secondary N) is 1. The molecule has 7 heteroatoms. The van der Waals surface area contributed by atoms with E-state index in [-0.39, 0.29) is 11.5 Å². The minimum Gasteiger partial charge on any atom is -0.477 e. The van der Waals surface area contributed by atoms with Gasteiger partial charge >= 0.3 is 5.97 Å². The van der Waals surface area contributed by atoms with E-state index in [2.05, 4.69) is 10.2 Å². The maximum Gasteiger partial charge on any atom is 0.341 e. The van der Waals surface area contributed by atoms with Gasteiger partial charge in [0, 0.05) is 13.1 Å². The molecule has 1 unspecified atom stereocenters. The number of fused-ring (bicyclic) bond motifs is 1. The van der Waals surface area contributed by atoms with Crippen LogP contribution in [0.5, 0.6) is 0 Å². The molecule has 27 heavy (non-hydrogen) atoms. The number of aryl methyl sites for hydroxylation is 1. The van der Waals surface area contributed by atoms with Crippen molar-refractivity contribution in [3.05, 3.63) is 45.1 Å². The van der Waals surface area contributed by atoms with Gasteiger partial charge in [-0.1, -0.05) is 0 Å². The van der Waals surface area contributed by atoms with Gasteiger partial charge < -0.3 is 15.3 Å². The van der Waals surface area contributed by atoms with Gasteiger partial charge in [-0.05, 0) is 68.8 Å². The lowest BCUT2D eigenvalue weighted by molar-refractivity contribution is 0.0694. The fourth-order valence-electron chi connectivity index (χ4n) is 4.38. The van der Waals surface area contributed by atoms with E-state index in [9.17, 15) is 14.7 Å². The molecule has 2 aliphatic rings. The largest absolute Gasteiger partial charge is 0.477 e. The van der Waals surface area contributed by atoms with Crippen molar-refractivity contribution in [2.75, 3.05) is 31.6 Å². The number of hydrogen-bond donors (Lipinski definition) is 2. The van der Waals surface area contributed by atoms with E-state index in [4.69, 9.17) is 0 Å². The molecule has 1 atom stereocenters. The molecule has 144 valence electrons. The van der Waals surface area contributed by atoms with Gasteiger partial charge in [0.1, 0.15) is 5.56 Å². The number of carboxylic acids is 1. The number of hydrogen-bond acceptors (Lipinski definition) is 4. The first kappa shape index (κ1) is 18.0. The highest BCUT2D eigenvalue weighted by molar-refractivity contribution is 5.89. The average Bonchev–Trinajstić information content (AvgIpc) is 3.36. The molecule has 3 heterocycles. The zero-order chi connectivity index (χ0) is 19.3. The number of halogens is 1. The van der Waals surface area contributed by atoms with Crippen LogP contribution in [0.25, 0.3) is 5.52 Å². The molecule has 1 saturated carbocycles. The predicted octanol–water partition coefficient (Wildman–Crippen LogP) is 2.37. The summed E-state index contributed by atoms with van der Waals surface area (Å²) in [5.41, 5.74) is 1.80. The topological polar surface area (TPSA) is 74.0 Å². The summed E-state index contributed by atoms with van der Waals surface area (Å²) in [7, 11) is 1.92. The van der Waals surface area contributed by atoms with Crippen LogP contribution in [0.2, 0.25) is 0 Å². The van der Waals surface area contributed by atoms with Crippen molar-refractivity contribution in [3.63, 3.8) is 0 Å². The Bertz CT molecular complexity index is 981. The molecule has 0 amide bonds. The summed E-state index contributed by atoms with van der Waals surface area (Å²) < 4.78 is 16.2. The number of anilines is 1. The van der Waals surface area contributed by atoms with Crippen LogP contribution < -0.4 is 15.8 Å². The van der Waals surface area contributed by atoms with Crippen LogP contribution in [-0.4, -0.2) is 42.2 Å². The number of carbonyl (C=O) groups is 1. The summed E-state index contributed by atoms with van der Waals surface area (Å²) in [6.07, 6.45) is 4.09. The van der Waals surface area contributed by atoms with E-state index in [1.54, 1.807) is 0 Å². The smallest absolute Gasteiger partial charge is 0.341 e. The first-order chi connectivity index (χ1) is 12.9. The molecule has 2 fully saturated rings. The number of carboxylic acid groups (broad SMARTS) is 1. The monoisotopic (exact) mass is 373 g/mol. The van der Waals surface area contributed by atoms with Gasteiger partial charge in [0.2, 0.25) is 0 Å². The second-order valence-corrected chi connectivity index (χ2v) is 7.73. The molecule has 6 nitrogen and oxygen atoms in total. The van der Waals surface area contributed by atoms with Crippen molar-refractivity contribution in [1.29, 1.82) is 0 Å². The first-order valence-corrected chi connectivity index (χ1v) is 9.43. The molecular formula is C20H24FN3O3. The molecule has 1 aliphatic heterocycles. The lowest BCUT2D eigenvalue weighted by Gasteiger charge is -2.24. The van der Waals surface area contributed by atoms with Crippen molar-refractivity contribution in [3.8, 4) is 0 Å². The molecular weight excluding hydrogens is 349 g/mol. The first-order valence-electron chi connectivity index (χ1n) is 9.43. The van der Waals surface area contributed by atoms with Crippen LogP contribution in [0.1, 0.15) is 46.7 Å². The summed E-state index contributed by atoms with van der Waals surface area (Å²) in [6, 6.07) is 1.50. The molecule has 2 N–H and O–H groups in total. The van der Waals surface area contributed by atoms with Gasteiger partial charge in [0.15, 0.2) is 5.82 Å². The maximum absolute atomic E-state index is 15.0. The Morgan fingerprint density at radius 1 is 1.37 bits per heavy atom. The Hall–Kier alpha value is -2.41. The summed E-state index contributed by atoms with van der Waals surface area (Å²) in [4.78, 5) is 26.2. The fourth-order valence-corrected chi connectivity index (χ4v) is 4.38. The Kier molecular flexibility index (Phi) is 4.42. The molecule has 0 spiro atoms. The third-order valence-corrected chi connectivity index (χ3v) is 5.78. The van der Waals surface area contributed by atoms with Crippen molar-refractivity contribution < 1.29 is 14.3 Å². The lowest BCUT2D eigenvalue weighted by Crippen LogP contribution is -2.28. The normalized spacial score (nSPS) is 19.8. The van der Waals surface area contributed by atoms with Crippen molar-refractivity contribution >= 4 is 17.2 Å². The van der Waals surface area contributed by atoms with Crippen LogP contribution in [0, 0.1) is 18.7 Å². The van der Waals surface area contributed by atoms with Gasteiger partial charge in [-0.3, -0.25) is 9.20 Å². The highest BCUT2D eigenvalue weighted by Crippen LogP contribution is 2.44. The predicted molar refractivity (Wildman–Crippen MR) is 102 cm³/mol. The number of aromatic carboxylic acids is 1. The molecule has 2 aromatic heterocycles. The number of aromatic nitrogens is 1. The zero-order valence-electron chi connectivity index (χ0n) is 15.6. The second-order valence-electron chi connectivity index (χ2n) is 7.73. The van der Waals surface area contributed by atoms with E-state index < -0.39 is 17.3 Å². The zero-order valence-corrected chi connectivity index (χ0v) is 15.6. The van der Waals surface area contributed by atoms with Gasteiger partial charge in [0.25, 0.3) is 5.56 Å².